The molecule has 1 aromatic rings. The van der Waals surface area contributed by atoms with Crippen LogP contribution in [-0.2, 0) is 25.5 Å². The number of methoxy groups -OCH3 is 1. The van der Waals surface area contributed by atoms with Crippen molar-refractivity contribution >= 4 is 48.9 Å². The number of hydrogen-bond donors (Lipinski definition) is 0. The molecule has 0 N–H and O–H groups in total. The summed E-state index contributed by atoms with van der Waals surface area (Å²) in [6.45, 7) is 0. The third-order valence-corrected chi connectivity index (χ3v) is 6.02. The maximum absolute atomic E-state index is 11.9. The predicted octanol–water partition coefficient (Wildman–Crippen LogP) is 2.39. The van der Waals surface area contributed by atoms with Crippen LogP contribution >= 0.6 is 23.8 Å². The van der Waals surface area contributed by atoms with E-state index in [1.165, 1.54) is 19.2 Å². The number of benzene rings is 1. The van der Waals surface area contributed by atoms with Crippen molar-refractivity contribution in [1.82, 2.24) is 0 Å². The normalized spacial score (nSPS) is 13.4. The molecular formula is C9H10ClNO3S3. The summed E-state index contributed by atoms with van der Waals surface area (Å²) in [5, 5.41) is 0.339. The van der Waals surface area contributed by atoms with Gasteiger partial charge in [0.2, 0.25) is 4.38 Å². The van der Waals surface area contributed by atoms with E-state index in [1.54, 1.807) is 18.4 Å². The summed E-state index contributed by atoms with van der Waals surface area (Å²) < 4.78 is 32.4. The largest absolute Gasteiger partial charge is 0.481 e. The smallest absolute Gasteiger partial charge is 0.288 e. The maximum atomic E-state index is 11.9. The molecule has 0 aromatic heterocycles. The highest BCUT2D eigenvalue weighted by Gasteiger charge is 2.14. The van der Waals surface area contributed by atoms with Crippen LogP contribution in [0, 0.1) is 0 Å². The molecule has 94 valence electrons. The average Bonchev–Trinajstić information content (AvgIpc) is 2.27. The van der Waals surface area contributed by atoms with E-state index >= 15 is 0 Å². The van der Waals surface area contributed by atoms with E-state index in [4.69, 9.17) is 28.6 Å². The number of thiocarbonyl (C=S) groups is 1. The molecule has 0 radical (unpaired) electrons. The lowest BCUT2D eigenvalue weighted by Crippen LogP contribution is -2.07. The lowest BCUT2D eigenvalue weighted by molar-refractivity contribution is 0.426. The maximum Gasteiger partial charge on any atom is 0.288 e. The Morgan fingerprint density at radius 2 is 2.18 bits per heavy atom. The number of hydrogen-bond acceptors (Lipinski definition) is 4. The summed E-state index contributed by atoms with van der Waals surface area (Å²) in [5.41, 5.74) is 0. The van der Waals surface area contributed by atoms with Gasteiger partial charge in [0.25, 0.3) is 10.0 Å². The Morgan fingerprint density at radius 3 is 2.71 bits per heavy atom. The summed E-state index contributed by atoms with van der Waals surface area (Å²) in [6.07, 6.45) is 1.58. The van der Waals surface area contributed by atoms with Crippen LogP contribution in [0.5, 0.6) is 0 Å². The molecule has 1 rings (SSSR count). The zero-order chi connectivity index (χ0) is 13.1. The molecule has 4 nitrogen and oxygen atoms in total. The van der Waals surface area contributed by atoms with Gasteiger partial charge in [-0.1, -0.05) is 17.7 Å². The Bertz CT molecular complexity index is 569. The van der Waals surface area contributed by atoms with Crippen LogP contribution in [-0.4, -0.2) is 26.2 Å². The van der Waals surface area contributed by atoms with Gasteiger partial charge < -0.3 is 4.74 Å². The molecule has 8 heteroatoms. The van der Waals surface area contributed by atoms with E-state index < -0.39 is 20.7 Å². The van der Waals surface area contributed by atoms with Gasteiger partial charge in [-0.2, -0.15) is 8.42 Å². The fraction of sp³-hybridized carbons (Fsp3) is 0.222. The van der Waals surface area contributed by atoms with Crippen LogP contribution in [0.1, 0.15) is 0 Å². The van der Waals surface area contributed by atoms with Gasteiger partial charge in [-0.3, -0.25) is 0 Å². The first-order valence-electron chi connectivity index (χ1n) is 4.34. The van der Waals surface area contributed by atoms with Gasteiger partial charge in [0.15, 0.2) is 0 Å². The Hall–Kier alpha value is -0.500. The average molecular weight is 312 g/mol. The van der Waals surface area contributed by atoms with Crippen molar-refractivity contribution in [3.05, 3.63) is 29.3 Å². The highest BCUT2D eigenvalue weighted by molar-refractivity contribution is 8.16. The molecule has 1 unspecified atom stereocenters. The zero-order valence-corrected chi connectivity index (χ0v) is 12.3. The SMILES string of the molecule is COC(=S)S(C)=NS(=O)(=O)c1cccc(Cl)c1. The minimum absolute atomic E-state index is 0.0447. The molecule has 0 spiro atoms. The first kappa shape index (κ1) is 14.6. The monoisotopic (exact) mass is 311 g/mol. The summed E-state index contributed by atoms with van der Waals surface area (Å²) in [5.74, 6) is 0. The molecule has 0 aliphatic heterocycles. The van der Waals surface area contributed by atoms with Gasteiger partial charge >= 0.3 is 0 Å². The lowest BCUT2D eigenvalue weighted by Gasteiger charge is -2.03. The molecule has 0 saturated carbocycles. The summed E-state index contributed by atoms with van der Waals surface area (Å²) >= 11 is 10.6. The molecule has 0 bridgehead atoms. The quantitative estimate of drug-likeness (QED) is 0.787. The van der Waals surface area contributed by atoms with Crippen molar-refractivity contribution in [2.24, 2.45) is 3.77 Å². The Kier molecular flexibility index (Phi) is 5.05. The second kappa shape index (κ2) is 5.90. The summed E-state index contributed by atoms with van der Waals surface area (Å²) in [6, 6.07) is 5.91. The first-order valence-corrected chi connectivity index (χ1v) is 8.16. The molecule has 0 aliphatic carbocycles. The van der Waals surface area contributed by atoms with Gasteiger partial charge in [0.05, 0.1) is 12.0 Å². The highest BCUT2D eigenvalue weighted by Crippen LogP contribution is 2.18. The molecule has 17 heavy (non-hydrogen) atoms. The van der Waals surface area contributed by atoms with E-state index in [0.717, 1.165) is 0 Å². The Balaban J connectivity index is 3.17. The molecule has 1 aromatic carbocycles. The van der Waals surface area contributed by atoms with Crippen molar-refractivity contribution in [1.29, 1.82) is 0 Å². The van der Waals surface area contributed by atoms with Crippen molar-refractivity contribution in [2.75, 3.05) is 13.4 Å². The number of sulfonamides is 1. The molecule has 0 heterocycles. The van der Waals surface area contributed by atoms with Crippen LogP contribution < -0.4 is 0 Å². The van der Waals surface area contributed by atoms with Crippen molar-refractivity contribution in [3.63, 3.8) is 0 Å². The fourth-order valence-corrected chi connectivity index (χ4v) is 4.03. The van der Waals surface area contributed by atoms with E-state index in [0.29, 0.717) is 5.02 Å². The van der Waals surface area contributed by atoms with Gasteiger partial charge in [0, 0.05) is 11.3 Å². The Labute approximate surface area is 113 Å². The molecule has 0 fully saturated rings. The van der Waals surface area contributed by atoms with Crippen LogP contribution in [0.3, 0.4) is 0 Å². The van der Waals surface area contributed by atoms with Crippen molar-refractivity contribution in [3.8, 4) is 0 Å². The second-order valence-corrected chi connectivity index (χ2v) is 7.35. The third-order valence-electron chi connectivity index (χ3n) is 1.71. The molecule has 1 atom stereocenters. The number of nitrogens with zero attached hydrogens (tertiary/aromatic N) is 1. The molecule has 0 amide bonds. The number of halogens is 1. The highest BCUT2D eigenvalue weighted by atomic mass is 35.5. The van der Waals surface area contributed by atoms with Gasteiger partial charge in [0.1, 0.15) is 0 Å². The zero-order valence-electron chi connectivity index (χ0n) is 9.08. The minimum atomic E-state index is -3.75. The molecular weight excluding hydrogens is 302 g/mol. The topological polar surface area (TPSA) is 55.7 Å². The minimum Gasteiger partial charge on any atom is -0.481 e. The van der Waals surface area contributed by atoms with Crippen LogP contribution in [0.15, 0.2) is 32.9 Å². The van der Waals surface area contributed by atoms with Gasteiger partial charge in [-0.25, -0.2) is 0 Å². The Morgan fingerprint density at radius 1 is 1.53 bits per heavy atom. The predicted molar refractivity (Wildman–Crippen MR) is 74.0 cm³/mol. The summed E-state index contributed by atoms with van der Waals surface area (Å²) in [4.78, 5) is 0.0447. The molecule has 0 aliphatic rings. The van der Waals surface area contributed by atoms with E-state index in [2.05, 4.69) is 3.77 Å². The molecule has 0 saturated heterocycles. The fourth-order valence-electron chi connectivity index (χ4n) is 0.969. The van der Waals surface area contributed by atoms with E-state index in [1.807, 2.05) is 0 Å². The van der Waals surface area contributed by atoms with Gasteiger partial charge in [-0.05, 0) is 41.1 Å². The van der Waals surface area contributed by atoms with Gasteiger partial charge in [-0.15, -0.1) is 3.77 Å². The third kappa shape index (κ3) is 4.02. The number of ether oxygens (including phenoxy) is 1. The van der Waals surface area contributed by atoms with Crippen LogP contribution in [0.4, 0.5) is 0 Å². The second-order valence-electron chi connectivity index (χ2n) is 2.94. The van der Waals surface area contributed by atoms with Crippen LogP contribution in [0.25, 0.3) is 0 Å². The lowest BCUT2D eigenvalue weighted by atomic mass is 10.4. The number of rotatable bonds is 2. The van der Waals surface area contributed by atoms with Crippen molar-refractivity contribution < 1.29 is 13.2 Å². The van der Waals surface area contributed by atoms with Crippen molar-refractivity contribution in [2.45, 2.75) is 4.90 Å². The van der Waals surface area contributed by atoms with E-state index in [9.17, 15) is 8.42 Å². The van der Waals surface area contributed by atoms with Crippen LogP contribution in [0.2, 0.25) is 5.02 Å². The van der Waals surface area contributed by atoms with E-state index in [-0.39, 0.29) is 9.28 Å². The standard InChI is InChI=1S/C9H10ClNO3S3/c1-14-9(15)16(2)11-17(12,13)8-5-3-4-7(10)6-8/h3-6H,1-2H3. The first-order chi connectivity index (χ1) is 7.86. The summed E-state index contributed by atoms with van der Waals surface area (Å²) in [7, 11) is -3.36.